The van der Waals surface area contributed by atoms with Gasteiger partial charge in [-0.1, -0.05) is 13.3 Å². The minimum Gasteiger partial charge on any atom is -0.464 e. The van der Waals surface area contributed by atoms with Crippen molar-refractivity contribution < 1.29 is 4.42 Å². The molecule has 1 aromatic heterocycles. The van der Waals surface area contributed by atoms with E-state index in [0.29, 0.717) is 17.9 Å². The lowest BCUT2D eigenvalue weighted by Gasteiger charge is -2.28. The monoisotopic (exact) mass is 262 g/mol. The van der Waals surface area contributed by atoms with Crippen LogP contribution in [0.15, 0.2) is 16.5 Å². The lowest BCUT2D eigenvalue weighted by Crippen LogP contribution is -2.37. The quantitative estimate of drug-likeness (QED) is 0.887. The van der Waals surface area contributed by atoms with Gasteiger partial charge in [-0.25, -0.2) is 0 Å². The minimum atomic E-state index is 0.637. The molecule has 0 radical (unpaired) electrons. The zero-order valence-corrected chi connectivity index (χ0v) is 12.1. The van der Waals surface area contributed by atoms with E-state index >= 15 is 0 Å². The van der Waals surface area contributed by atoms with E-state index in [1.165, 1.54) is 31.4 Å². The van der Waals surface area contributed by atoms with Crippen molar-refractivity contribution in [1.29, 1.82) is 0 Å². The molecule has 106 valence electrons. The summed E-state index contributed by atoms with van der Waals surface area (Å²) in [4.78, 5) is 2.43. The Balaban J connectivity index is 1.59. The first-order chi connectivity index (χ1) is 9.19. The first kappa shape index (κ1) is 13.2. The first-order valence-electron chi connectivity index (χ1n) is 7.68. The van der Waals surface area contributed by atoms with Crippen LogP contribution in [0, 0.1) is 11.8 Å². The molecule has 2 aliphatic carbocycles. The van der Waals surface area contributed by atoms with Gasteiger partial charge < -0.3 is 10.2 Å². The number of furan rings is 1. The molecular weight excluding hydrogens is 236 g/mol. The molecule has 1 aromatic rings. The molecule has 2 saturated carbocycles. The first-order valence-corrected chi connectivity index (χ1v) is 7.68. The molecule has 2 aliphatic rings. The van der Waals surface area contributed by atoms with Crippen LogP contribution in [0.1, 0.15) is 50.0 Å². The Bertz CT molecular complexity index is 428. The summed E-state index contributed by atoms with van der Waals surface area (Å²) in [6, 6.07) is 4.97. The fraction of sp³-hybridized carbons (Fsp3) is 0.750. The second-order valence-electron chi connectivity index (χ2n) is 6.53. The highest BCUT2D eigenvalue weighted by atomic mass is 16.3. The SMILES string of the molecule is CC1CC1c1ccc(CN(C)C2CCCC2CN)o1. The van der Waals surface area contributed by atoms with Crippen LogP contribution in [-0.4, -0.2) is 24.5 Å². The topological polar surface area (TPSA) is 42.4 Å². The van der Waals surface area contributed by atoms with Crippen LogP contribution in [0.25, 0.3) is 0 Å². The van der Waals surface area contributed by atoms with E-state index in [0.717, 1.165) is 24.8 Å². The second-order valence-corrected chi connectivity index (χ2v) is 6.53. The fourth-order valence-corrected chi connectivity index (χ4v) is 3.63. The lowest BCUT2D eigenvalue weighted by molar-refractivity contribution is 0.179. The summed E-state index contributed by atoms with van der Waals surface area (Å²) >= 11 is 0. The van der Waals surface area contributed by atoms with Crippen LogP contribution in [-0.2, 0) is 6.54 Å². The third-order valence-corrected chi connectivity index (χ3v) is 5.05. The highest BCUT2D eigenvalue weighted by molar-refractivity contribution is 5.17. The van der Waals surface area contributed by atoms with Crippen molar-refractivity contribution in [3.05, 3.63) is 23.7 Å². The van der Waals surface area contributed by atoms with Gasteiger partial charge in [0.1, 0.15) is 11.5 Å². The maximum Gasteiger partial charge on any atom is 0.118 e. The Kier molecular flexibility index (Phi) is 3.68. The summed E-state index contributed by atoms with van der Waals surface area (Å²) in [6.07, 6.45) is 5.18. The molecule has 3 heteroatoms. The zero-order valence-electron chi connectivity index (χ0n) is 12.1. The van der Waals surface area contributed by atoms with Crippen LogP contribution in [0.3, 0.4) is 0 Å². The average Bonchev–Trinajstić information content (AvgIpc) is 2.87. The number of hydrogen-bond donors (Lipinski definition) is 1. The molecule has 3 nitrogen and oxygen atoms in total. The van der Waals surface area contributed by atoms with Crippen molar-refractivity contribution in [3.8, 4) is 0 Å². The maximum absolute atomic E-state index is 6.00. The van der Waals surface area contributed by atoms with Crippen molar-refractivity contribution in [3.63, 3.8) is 0 Å². The van der Waals surface area contributed by atoms with Gasteiger partial charge in [0.15, 0.2) is 0 Å². The summed E-state index contributed by atoms with van der Waals surface area (Å²) in [5.74, 6) is 4.47. The smallest absolute Gasteiger partial charge is 0.118 e. The van der Waals surface area contributed by atoms with Gasteiger partial charge in [0, 0.05) is 12.0 Å². The molecule has 4 atom stereocenters. The Morgan fingerprint density at radius 1 is 1.37 bits per heavy atom. The lowest BCUT2D eigenvalue weighted by atomic mass is 10.0. The molecule has 2 N–H and O–H groups in total. The van der Waals surface area contributed by atoms with E-state index in [-0.39, 0.29) is 0 Å². The van der Waals surface area contributed by atoms with Crippen LogP contribution >= 0.6 is 0 Å². The van der Waals surface area contributed by atoms with Gasteiger partial charge in [-0.15, -0.1) is 0 Å². The standard InChI is InChI=1S/C16H26N2O/c1-11-8-14(11)16-7-6-13(19-16)10-18(2)15-5-3-4-12(15)9-17/h6-7,11-12,14-15H,3-5,8-10,17H2,1-2H3. The predicted octanol–water partition coefficient (Wildman–Crippen LogP) is 2.96. The van der Waals surface area contributed by atoms with E-state index in [2.05, 4.69) is 31.0 Å². The minimum absolute atomic E-state index is 0.637. The maximum atomic E-state index is 6.00. The summed E-state index contributed by atoms with van der Waals surface area (Å²) in [7, 11) is 2.21. The molecule has 0 saturated heterocycles. The molecule has 0 aromatic carbocycles. The number of nitrogens with two attached hydrogens (primary N) is 1. The molecule has 3 rings (SSSR count). The van der Waals surface area contributed by atoms with Crippen LogP contribution in [0.4, 0.5) is 0 Å². The molecular formula is C16H26N2O. The molecule has 0 amide bonds. The summed E-state index contributed by atoms with van der Waals surface area (Å²) < 4.78 is 6.00. The summed E-state index contributed by atoms with van der Waals surface area (Å²) in [6.45, 7) is 4.03. The second kappa shape index (κ2) is 5.29. The zero-order chi connectivity index (χ0) is 13.4. The normalized spacial score (nSPS) is 34.1. The molecule has 19 heavy (non-hydrogen) atoms. The number of nitrogens with zero attached hydrogens (tertiary/aromatic N) is 1. The Hall–Kier alpha value is -0.800. The van der Waals surface area contributed by atoms with E-state index < -0.39 is 0 Å². The van der Waals surface area contributed by atoms with Crippen molar-refractivity contribution in [2.24, 2.45) is 17.6 Å². The summed E-state index contributed by atoms with van der Waals surface area (Å²) in [5.41, 5.74) is 5.87. The van der Waals surface area contributed by atoms with Gasteiger partial charge in [-0.05, 0) is 56.8 Å². The van der Waals surface area contributed by atoms with Gasteiger partial charge >= 0.3 is 0 Å². The fourth-order valence-electron chi connectivity index (χ4n) is 3.63. The van der Waals surface area contributed by atoms with Crippen LogP contribution in [0.2, 0.25) is 0 Å². The van der Waals surface area contributed by atoms with Gasteiger partial charge in [-0.3, -0.25) is 4.90 Å². The molecule has 0 aliphatic heterocycles. The molecule has 0 spiro atoms. The van der Waals surface area contributed by atoms with Gasteiger partial charge in [-0.2, -0.15) is 0 Å². The van der Waals surface area contributed by atoms with Crippen molar-refractivity contribution >= 4 is 0 Å². The van der Waals surface area contributed by atoms with Gasteiger partial charge in [0.05, 0.1) is 6.54 Å². The predicted molar refractivity (Wildman–Crippen MR) is 76.9 cm³/mol. The molecule has 0 bridgehead atoms. The third-order valence-electron chi connectivity index (χ3n) is 5.05. The van der Waals surface area contributed by atoms with E-state index in [1.54, 1.807) is 0 Å². The van der Waals surface area contributed by atoms with Gasteiger partial charge in [0.2, 0.25) is 0 Å². The molecule has 4 unspecified atom stereocenters. The van der Waals surface area contributed by atoms with Crippen molar-refractivity contribution in [2.45, 2.75) is 51.1 Å². The highest BCUT2D eigenvalue weighted by Gasteiger charge is 2.36. The van der Waals surface area contributed by atoms with Crippen molar-refractivity contribution in [1.82, 2.24) is 4.90 Å². The molecule has 1 heterocycles. The van der Waals surface area contributed by atoms with E-state index in [9.17, 15) is 0 Å². The average molecular weight is 262 g/mol. The van der Waals surface area contributed by atoms with Crippen LogP contribution < -0.4 is 5.73 Å². The van der Waals surface area contributed by atoms with Crippen LogP contribution in [0.5, 0.6) is 0 Å². The van der Waals surface area contributed by atoms with Crippen molar-refractivity contribution in [2.75, 3.05) is 13.6 Å². The van der Waals surface area contributed by atoms with E-state index in [4.69, 9.17) is 10.2 Å². The van der Waals surface area contributed by atoms with E-state index in [1.807, 2.05) is 0 Å². The summed E-state index contributed by atoms with van der Waals surface area (Å²) in [5, 5.41) is 0. The number of rotatable bonds is 5. The van der Waals surface area contributed by atoms with Gasteiger partial charge in [0.25, 0.3) is 0 Å². The Morgan fingerprint density at radius 3 is 2.84 bits per heavy atom. The Labute approximate surface area is 116 Å². The number of hydrogen-bond acceptors (Lipinski definition) is 3. The highest BCUT2D eigenvalue weighted by Crippen LogP contribution is 2.47. The third kappa shape index (κ3) is 2.72. The Morgan fingerprint density at radius 2 is 2.16 bits per heavy atom. The molecule has 2 fully saturated rings. The largest absolute Gasteiger partial charge is 0.464 e.